The van der Waals surface area contributed by atoms with Crippen LogP contribution in [0.3, 0.4) is 0 Å². The summed E-state index contributed by atoms with van der Waals surface area (Å²) in [6, 6.07) is 0.391. The summed E-state index contributed by atoms with van der Waals surface area (Å²) >= 11 is 4.37. The summed E-state index contributed by atoms with van der Waals surface area (Å²) < 4.78 is 10.9. The molecule has 0 aromatic rings. The molecule has 0 aliphatic carbocycles. The highest BCUT2D eigenvalue weighted by molar-refractivity contribution is 8.48. The van der Waals surface area contributed by atoms with Crippen LogP contribution in [0.15, 0.2) is 0 Å². The Kier molecular flexibility index (Phi) is 3.80. The van der Waals surface area contributed by atoms with Gasteiger partial charge in [-0.1, -0.05) is 13.8 Å². The molecule has 0 aromatic carbocycles. The quantitative estimate of drug-likeness (QED) is 0.553. The number of rotatable bonds is 3. The lowest BCUT2D eigenvalue weighted by Gasteiger charge is -2.12. The van der Waals surface area contributed by atoms with E-state index in [1.165, 1.54) is 0 Å². The number of hydrogen-bond acceptors (Lipinski definition) is 4. The van der Waals surface area contributed by atoms with Crippen LogP contribution >= 0.6 is 19.3 Å². The van der Waals surface area contributed by atoms with Crippen molar-refractivity contribution in [2.75, 3.05) is 13.2 Å². The summed E-state index contributed by atoms with van der Waals surface area (Å²) in [5, 5.41) is 3.30. The SMILES string of the molecule is CCO[P+]1(S)N[C@@H](C(C)C)CO1. The zero-order valence-corrected chi connectivity index (χ0v) is 9.57. The molecule has 0 amide bonds. The third-order valence-corrected chi connectivity index (χ3v) is 4.67. The van der Waals surface area contributed by atoms with Crippen molar-refractivity contribution in [2.24, 2.45) is 5.92 Å². The molecule has 12 heavy (non-hydrogen) atoms. The Bertz CT molecular complexity index is 158. The van der Waals surface area contributed by atoms with E-state index < -0.39 is 7.07 Å². The fourth-order valence-electron chi connectivity index (χ4n) is 1.06. The van der Waals surface area contributed by atoms with Crippen molar-refractivity contribution in [3.05, 3.63) is 0 Å². The Morgan fingerprint density at radius 2 is 2.42 bits per heavy atom. The molecule has 0 saturated carbocycles. The molecule has 72 valence electrons. The van der Waals surface area contributed by atoms with E-state index in [9.17, 15) is 0 Å². The van der Waals surface area contributed by atoms with E-state index in [0.29, 0.717) is 18.6 Å². The minimum atomic E-state index is -1.99. The monoisotopic (exact) mass is 210 g/mol. The second-order valence-corrected chi connectivity index (χ2v) is 6.61. The zero-order chi connectivity index (χ0) is 9.19. The van der Waals surface area contributed by atoms with Crippen LogP contribution in [0.4, 0.5) is 0 Å². The molecule has 0 bridgehead atoms. The Balaban J connectivity index is 2.43. The van der Waals surface area contributed by atoms with Crippen molar-refractivity contribution in [2.45, 2.75) is 26.8 Å². The fourth-order valence-corrected chi connectivity index (χ4v) is 3.78. The number of nitrogens with one attached hydrogen (secondary N) is 1. The van der Waals surface area contributed by atoms with Gasteiger partial charge in [0.1, 0.15) is 6.61 Å². The minimum Gasteiger partial charge on any atom is -0.178 e. The first-order valence-corrected chi connectivity index (χ1v) is 7.04. The van der Waals surface area contributed by atoms with Crippen LogP contribution in [0.25, 0.3) is 0 Å². The standard InChI is InChI=1S/C7H17NO2PS/c1-4-9-11(12)8-7(5-10-11)6(2)3/h6-8,12H,4-5H2,1-3H3/q+1/t7-,11?/m1/s1. The first-order valence-electron chi connectivity index (χ1n) is 4.26. The van der Waals surface area contributed by atoms with Crippen molar-refractivity contribution in [1.82, 2.24) is 5.09 Å². The molecule has 1 aliphatic heterocycles. The van der Waals surface area contributed by atoms with E-state index in [0.717, 1.165) is 6.61 Å². The summed E-state index contributed by atoms with van der Waals surface area (Å²) in [5.41, 5.74) is 0. The summed E-state index contributed by atoms with van der Waals surface area (Å²) in [5.74, 6) is 0.569. The predicted octanol–water partition coefficient (Wildman–Crippen LogP) is 2.27. The lowest BCUT2D eigenvalue weighted by molar-refractivity contribution is 0.268. The molecule has 0 radical (unpaired) electrons. The predicted molar refractivity (Wildman–Crippen MR) is 55.2 cm³/mol. The highest BCUT2D eigenvalue weighted by Gasteiger charge is 2.48. The van der Waals surface area contributed by atoms with Crippen molar-refractivity contribution in [3.63, 3.8) is 0 Å². The number of hydrogen-bond donors (Lipinski definition) is 2. The normalized spacial score (nSPS) is 36.2. The van der Waals surface area contributed by atoms with E-state index in [2.05, 4.69) is 31.2 Å². The Morgan fingerprint density at radius 3 is 2.83 bits per heavy atom. The summed E-state index contributed by atoms with van der Waals surface area (Å²) in [4.78, 5) is 0. The van der Waals surface area contributed by atoms with Gasteiger partial charge in [-0.2, -0.15) is 9.05 Å². The summed E-state index contributed by atoms with van der Waals surface area (Å²) in [6.45, 7) is 7.64. The van der Waals surface area contributed by atoms with E-state index >= 15 is 0 Å². The van der Waals surface area contributed by atoms with Crippen LogP contribution in [0.5, 0.6) is 0 Å². The third-order valence-electron chi connectivity index (χ3n) is 1.87. The maximum atomic E-state index is 5.50. The van der Waals surface area contributed by atoms with Gasteiger partial charge in [0.25, 0.3) is 0 Å². The average Bonchev–Trinajstić information content (AvgIpc) is 2.33. The largest absolute Gasteiger partial charge is 0.409 e. The number of thiol groups is 1. The van der Waals surface area contributed by atoms with Gasteiger partial charge in [-0.05, 0) is 12.8 Å². The van der Waals surface area contributed by atoms with E-state index in [1.807, 2.05) is 6.92 Å². The van der Waals surface area contributed by atoms with Crippen LogP contribution in [-0.4, -0.2) is 19.3 Å². The van der Waals surface area contributed by atoms with Crippen molar-refractivity contribution in [1.29, 1.82) is 0 Å². The molecule has 1 saturated heterocycles. The molecule has 1 heterocycles. The molecule has 5 heteroatoms. The van der Waals surface area contributed by atoms with Crippen molar-refractivity contribution < 1.29 is 9.05 Å². The molecule has 1 unspecified atom stereocenters. The van der Waals surface area contributed by atoms with Gasteiger partial charge in [-0.3, -0.25) is 0 Å². The smallest absolute Gasteiger partial charge is 0.178 e. The molecular weight excluding hydrogens is 193 g/mol. The first kappa shape index (κ1) is 10.7. The molecule has 1 N–H and O–H groups in total. The molecule has 2 atom stereocenters. The van der Waals surface area contributed by atoms with Crippen molar-refractivity contribution >= 4 is 19.3 Å². The van der Waals surface area contributed by atoms with Crippen LogP contribution < -0.4 is 5.09 Å². The maximum absolute atomic E-state index is 5.50. The molecular formula is C7H17NO2PS+. The second kappa shape index (κ2) is 4.25. The first-order chi connectivity index (χ1) is 5.57. The van der Waals surface area contributed by atoms with Gasteiger partial charge in [0.15, 0.2) is 0 Å². The van der Waals surface area contributed by atoms with Crippen molar-refractivity contribution in [3.8, 4) is 0 Å². The van der Waals surface area contributed by atoms with Gasteiger partial charge < -0.3 is 0 Å². The topological polar surface area (TPSA) is 30.5 Å². The Hall–Kier alpha value is 0.660. The van der Waals surface area contributed by atoms with Gasteiger partial charge in [-0.25, -0.2) is 0 Å². The van der Waals surface area contributed by atoms with Crippen LogP contribution in [0, 0.1) is 5.92 Å². The van der Waals surface area contributed by atoms with E-state index in [1.54, 1.807) is 0 Å². The van der Waals surface area contributed by atoms with Gasteiger partial charge in [-0.15, -0.1) is 5.09 Å². The van der Waals surface area contributed by atoms with Gasteiger partial charge in [0, 0.05) is 0 Å². The second-order valence-electron chi connectivity index (χ2n) is 3.21. The van der Waals surface area contributed by atoms with Gasteiger partial charge >= 0.3 is 7.07 Å². The average molecular weight is 210 g/mol. The molecule has 1 rings (SSSR count). The Morgan fingerprint density at radius 1 is 1.75 bits per heavy atom. The van der Waals surface area contributed by atoms with Gasteiger partial charge in [0.2, 0.25) is 0 Å². The molecule has 0 aromatic heterocycles. The highest BCUT2D eigenvalue weighted by Crippen LogP contribution is 2.65. The summed E-state index contributed by atoms with van der Waals surface area (Å²) in [7, 11) is -1.99. The lowest BCUT2D eigenvalue weighted by Crippen LogP contribution is -2.28. The molecule has 1 fully saturated rings. The Labute approximate surface area is 79.9 Å². The summed E-state index contributed by atoms with van der Waals surface area (Å²) in [6.07, 6.45) is 0. The molecule has 0 spiro atoms. The molecule has 3 nitrogen and oxygen atoms in total. The van der Waals surface area contributed by atoms with Crippen LogP contribution in [-0.2, 0) is 9.05 Å². The van der Waals surface area contributed by atoms with E-state index in [4.69, 9.17) is 9.05 Å². The van der Waals surface area contributed by atoms with E-state index in [-0.39, 0.29) is 0 Å². The van der Waals surface area contributed by atoms with Crippen LogP contribution in [0.1, 0.15) is 20.8 Å². The lowest BCUT2D eigenvalue weighted by atomic mass is 10.1. The molecule has 1 aliphatic rings. The maximum Gasteiger partial charge on any atom is 0.409 e. The van der Waals surface area contributed by atoms with Crippen LogP contribution in [0.2, 0.25) is 0 Å². The highest BCUT2D eigenvalue weighted by atomic mass is 32.7. The zero-order valence-electron chi connectivity index (χ0n) is 7.78. The van der Waals surface area contributed by atoms with Gasteiger partial charge in [0.05, 0.1) is 24.9 Å². The fraction of sp³-hybridized carbons (Fsp3) is 1.00. The third kappa shape index (κ3) is 2.57. The minimum absolute atomic E-state index is 0.391.